The number of rotatable bonds is 4. The van der Waals surface area contributed by atoms with Gasteiger partial charge in [-0.25, -0.2) is 13.8 Å². The van der Waals surface area contributed by atoms with Crippen LogP contribution in [0.25, 0.3) is 10.2 Å². The molecule has 1 aliphatic rings. The fraction of sp³-hybridized carbons (Fsp3) is 0.300. The zero-order valence-corrected chi connectivity index (χ0v) is 15.4. The average molecular weight is 387 g/mol. The van der Waals surface area contributed by atoms with E-state index in [9.17, 15) is 13.6 Å². The van der Waals surface area contributed by atoms with E-state index in [0.29, 0.717) is 5.92 Å². The molecule has 0 unspecified atom stereocenters. The Bertz CT molecular complexity index is 934. The van der Waals surface area contributed by atoms with Gasteiger partial charge in [0, 0.05) is 12.0 Å². The van der Waals surface area contributed by atoms with Crippen molar-refractivity contribution in [1.82, 2.24) is 9.88 Å². The first kappa shape index (κ1) is 18.0. The lowest BCUT2D eigenvalue weighted by Crippen LogP contribution is -2.38. The Balaban J connectivity index is 1.32. The lowest BCUT2D eigenvalue weighted by atomic mass is 9.97. The molecular formula is C20H19F2N3OS. The van der Waals surface area contributed by atoms with Crippen LogP contribution in [-0.4, -0.2) is 35.4 Å². The first-order valence-corrected chi connectivity index (χ1v) is 9.73. The highest BCUT2D eigenvalue weighted by Crippen LogP contribution is 2.33. The number of anilines is 1. The van der Waals surface area contributed by atoms with Crippen LogP contribution in [-0.2, 0) is 4.79 Å². The minimum absolute atomic E-state index is 0.121. The number of nitrogens with one attached hydrogen (secondary N) is 1. The number of carbonyl (C=O) groups excluding carboxylic acids is 1. The Kier molecular flexibility index (Phi) is 5.13. The molecule has 0 atom stereocenters. The third-order valence-corrected chi connectivity index (χ3v) is 6.02. The number of halogens is 2. The highest BCUT2D eigenvalue weighted by molar-refractivity contribution is 7.18. The minimum Gasteiger partial charge on any atom is -0.322 e. The van der Waals surface area contributed by atoms with Crippen LogP contribution < -0.4 is 5.32 Å². The molecule has 1 amide bonds. The van der Waals surface area contributed by atoms with Crippen LogP contribution in [0, 0.1) is 11.6 Å². The molecule has 0 radical (unpaired) electrons. The lowest BCUT2D eigenvalue weighted by Gasteiger charge is -2.30. The van der Waals surface area contributed by atoms with Crippen LogP contribution in [0.2, 0.25) is 0 Å². The van der Waals surface area contributed by atoms with Crippen molar-refractivity contribution in [3.8, 4) is 0 Å². The third kappa shape index (κ3) is 4.14. The van der Waals surface area contributed by atoms with E-state index in [1.54, 1.807) is 11.3 Å². The summed E-state index contributed by atoms with van der Waals surface area (Å²) < 4.78 is 28.0. The molecule has 1 aromatic heterocycles. The molecule has 140 valence electrons. The molecule has 4 nitrogen and oxygen atoms in total. The molecule has 27 heavy (non-hydrogen) atoms. The minimum atomic E-state index is -0.640. The van der Waals surface area contributed by atoms with E-state index in [0.717, 1.165) is 54.7 Å². The van der Waals surface area contributed by atoms with Gasteiger partial charge >= 0.3 is 0 Å². The summed E-state index contributed by atoms with van der Waals surface area (Å²) in [6.45, 7) is 1.72. The molecule has 0 saturated carbocycles. The molecule has 3 aromatic rings. The lowest BCUT2D eigenvalue weighted by molar-refractivity contribution is -0.117. The maximum atomic E-state index is 13.6. The predicted molar refractivity (Wildman–Crippen MR) is 103 cm³/mol. The van der Waals surface area contributed by atoms with Gasteiger partial charge in [-0.2, -0.15) is 0 Å². The van der Waals surface area contributed by atoms with Gasteiger partial charge in [0.25, 0.3) is 0 Å². The maximum absolute atomic E-state index is 13.6. The standard InChI is InChI=1S/C20H19F2N3OS/c21-14-5-6-15(22)17(11-14)23-19(26)12-25-9-7-13(8-10-25)20-24-16-3-1-2-4-18(16)27-20/h1-6,11,13H,7-10,12H2,(H,23,26). The molecule has 0 bridgehead atoms. The molecule has 2 heterocycles. The largest absolute Gasteiger partial charge is 0.322 e. The molecule has 1 N–H and O–H groups in total. The van der Waals surface area contributed by atoms with Crippen LogP contribution in [0.4, 0.5) is 14.5 Å². The Morgan fingerprint density at radius 1 is 1.19 bits per heavy atom. The molecule has 4 rings (SSSR count). The molecule has 1 fully saturated rings. The number of thiazole rings is 1. The summed E-state index contributed by atoms with van der Waals surface area (Å²) in [6, 6.07) is 11.2. The number of hydrogen-bond acceptors (Lipinski definition) is 4. The summed E-state index contributed by atoms with van der Waals surface area (Å²) in [4.78, 5) is 18.9. The van der Waals surface area contributed by atoms with Crippen LogP contribution in [0.5, 0.6) is 0 Å². The Morgan fingerprint density at radius 2 is 1.96 bits per heavy atom. The molecule has 1 aliphatic heterocycles. The van der Waals surface area contributed by atoms with Gasteiger partial charge in [-0.15, -0.1) is 11.3 Å². The maximum Gasteiger partial charge on any atom is 0.238 e. The van der Waals surface area contributed by atoms with Gasteiger partial charge in [0.15, 0.2) is 0 Å². The van der Waals surface area contributed by atoms with E-state index >= 15 is 0 Å². The van der Waals surface area contributed by atoms with Crippen LogP contribution in [0.15, 0.2) is 42.5 Å². The molecule has 0 aliphatic carbocycles. The van der Waals surface area contributed by atoms with Crippen molar-refractivity contribution in [2.24, 2.45) is 0 Å². The van der Waals surface area contributed by atoms with Crippen molar-refractivity contribution < 1.29 is 13.6 Å². The van der Waals surface area contributed by atoms with Gasteiger partial charge in [-0.1, -0.05) is 12.1 Å². The fourth-order valence-electron chi connectivity index (χ4n) is 3.39. The van der Waals surface area contributed by atoms with Crippen LogP contribution >= 0.6 is 11.3 Å². The number of aromatic nitrogens is 1. The number of benzene rings is 2. The van der Waals surface area contributed by atoms with Crippen molar-refractivity contribution in [2.45, 2.75) is 18.8 Å². The monoisotopic (exact) mass is 387 g/mol. The highest BCUT2D eigenvalue weighted by atomic mass is 32.1. The number of carbonyl (C=O) groups is 1. The average Bonchev–Trinajstić information content (AvgIpc) is 3.09. The van der Waals surface area contributed by atoms with Gasteiger partial charge in [0.05, 0.1) is 27.5 Å². The second-order valence-corrected chi connectivity index (χ2v) is 7.80. The molecule has 0 spiro atoms. The van der Waals surface area contributed by atoms with E-state index < -0.39 is 11.6 Å². The van der Waals surface area contributed by atoms with Crippen LogP contribution in [0.3, 0.4) is 0 Å². The summed E-state index contributed by atoms with van der Waals surface area (Å²) >= 11 is 1.74. The Labute approximate surface area is 159 Å². The number of fused-ring (bicyclic) bond motifs is 1. The van der Waals surface area contributed by atoms with Gasteiger partial charge in [-0.05, 0) is 50.2 Å². The number of hydrogen-bond donors (Lipinski definition) is 1. The molecule has 7 heteroatoms. The van der Waals surface area contributed by atoms with E-state index in [1.807, 2.05) is 23.1 Å². The van der Waals surface area contributed by atoms with Crippen molar-refractivity contribution in [1.29, 1.82) is 0 Å². The van der Waals surface area contributed by atoms with E-state index in [1.165, 1.54) is 4.70 Å². The summed E-state index contributed by atoms with van der Waals surface area (Å²) in [5, 5.41) is 3.61. The smallest absolute Gasteiger partial charge is 0.238 e. The van der Waals surface area contributed by atoms with E-state index in [-0.39, 0.29) is 18.1 Å². The van der Waals surface area contributed by atoms with E-state index in [4.69, 9.17) is 4.98 Å². The number of nitrogens with zero attached hydrogens (tertiary/aromatic N) is 2. The molecule has 1 saturated heterocycles. The molecular weight excluding hydrogens is 368 g/mol. The third-order valence-electron chi connectivity index (χ3n) is 4.82. The van der Waals surface area contributed by atoms with Gasteiger partial charge in [0.1, 0.15) is 11.6 Å². The fourth-order valence-corrected chi connectivity index (χ4v) is 4.53. The molecule has 2 aromatic carbocycles. The second-order valence-electron chi connectivity index (χ2n) is 6.74. The summed E-state index contributed by atoms with van der Waals surface area (Å²) in [6.07, 6.45) is 1.86. The van der Waals surface area contributed by atoms with Crippen molar-refractivity contribution in [2.75, 3.05) is 25.0 Å². The topological polar surface area (TPSA) is 45.2 Å². The van der Waals surface area contributed by atoms with Gasteiger partial charge in [0.2, 0.25) is 5.91 Å². The SMILES string of the molecule is O=C(CN1CCC(c2nc3ccccc3s2)CC1)Nc1cc(F)ccc1F. The zero-order valence-electron chi connectivity index (χ0n) is 14.6. The number of amides is 1. The Hall–Kier alpha value is -2.38. The number of piperidine rings is 1. The first-order valence-electron chi connectivity index (χ1n) is 8.91. The number of para-hydroxylation sites is 1. The first-order chi connectivity index (χ1) is 13.1. The zero-order chi connectivity index (χ0) is 18.8. The van der Waals surface area contributed by atoms with Crippen molar-refractivity contribution >= 4 is 33.1 Å². The quantitative estimate of drug-likeness (QED) is 0.722. The van der Waals surface area contributed by atoms with Crippen molar-refractivity contribution in [3.05, 3.63) is 59.1 Å². The number of likely N-dealkylation sites (tertiary alicyclic amines) is 1. The Morgan fingerprint density at radius 3 is 2.74 bits per heavy atom. The van der Waals surface area contributed by atoms with Gasteiger partial charge < -0.3 is 5.32 Å². The highest BCUT2D eigenvalue weighted by Gasteiger charge is 2.24. The summed E-state index contributed by atoms with van der Waals surface area (Å²) in [7, 11) is 0. The predicted octanol–water partition coefficient (Wildman–Crippen LogP) is 4.39. The second kappa shape index (κ2) is 7.70. The van der Waals surface area contributed by atoms with Crippen molar-refractivity contribution in [3.63, 3.8) is 0 Å². The van der Waals surface area contributed by atoms with E-state index in [2.05, 4.69) is 11.4 Å². The normalized spacial score (nSPS) is 15.9. The van der Waals surface area contributed by atoms with Crippen LogP contribution in [0.1, 0.15) is 23.8 Å². The summed E-state index contributed by atoms with van der Waals surface area (Å²) in [5.41, 5.74) is 0.917. The van der Waals surface area contributed by atoms with Gasteiger partial charge in [-0.3, -0.25) is 9.69 Å². The summed E-state index contributed by atoms with van der Waals surface area (Å²) in [5.74, 6) is -1.15.